The third-order valence-corrected chi connectivity index (χ3v) is 6.00. The van der Waals surface area contributed by atoms with Crippen molar-refractivity contribution in [2.24, 2.45) is 0 Å². The van der Waals surface area contributed by atoms with Gasteiger partial charge in [0.05, 0.1) is 10.5 Å². The van der Waals surface area contributed by atoms with Gasteiger partial charge in [-0.1, -0.05) is 39.9 Å². The van der Waals surface area contributed by atoms with E-state index in [2.05, 4.69) is 21.2 Å². The first-order valence-electron chi connectivity index (χ1n) is 8.61. The Morgan fingerprint density at radius 1 is 1.20 bits per heavy atom. The molecule has 2 aromatic rings. The Bertz CT molecular complexity index is 1070. The zero-order valence-electron chi connectivity index (χ0n) is 15.3. The van der Waals surface area contributed by atoms with Crippen LogP contribution in [0.3, 0.4) is 0 Å². The Kier molecular flexibility index (Phi) is 6.91. The van der Waals surface area contributed by atoms with Gasteiger partial charge < -0.3 is 15.5 Å². The molecular weight excluding hydrogens is 492 g/mol. The monoisotopic (exact) mass is 506 g/mol. The van der Waals surface area contributed by atoms with Gasteiger partial charge in [-0.15, -0.1) is 0 Å². The van der Waals surface area contributed by atoms with Crippen LogP contribution in [0.15, 0.2) is 51.8 Å². The second kappa shape index (κ2) is 9.41. The molecule has 0 saturated carbocycles. The molecule has 30 heavy (non-hydrogen) atoms. The van der Waals surface area contributed by atoms with Gasteiger partial charge in [0.2, 0.25) is 5.91 Å². The maximum atomic E-state index is 12.7. The minimum Gasteiger partial charge on any atom is -0.507 e. The van der Waals surface area contributed by atoms with Crippen LogP contribution >= 0.6 is 39.9 Å². The minimum atomic E-state index is -1.05. The molecule has 0 aromatic heterocycles. The van der Waals surface area contributed by atoms with E-state index in [-0.39, 0.29) is 36.1 Å². The quantitative estimate of drug-likeness (QED) is 0.400. The van der Waals surface area contributed by atoms with Crippen LogP contribution in [0.5, 0.6) is 5.75 Å². The number of nitrogens with zero attached hydrogens (tertiary/aromatic N) is 1. The summed E-state index contributed by atoms with van der Waals surface area (Å²) in [6.45, 7) is 0.103. The molecule has 0 aliphatic carbocycles. The molecule has 154 valence electrons. The lowest BCUT2D eigenvalue weighted by Crippen LogP contribution is -2.31. The van der Waals surface area contributed by atoms with Crippen molar-refractivity contribution in [3.05, 3.63) is 63.0 Å². The fourth-order valence-corrected chi connectivity index (χ4v) is 4.29. The molecule has 1 saturated heterocycles. The van der Waals surface area contributed by atoms with Crippen LogP contribution in [0.2, 0.25) is 0 Å². The van der Waals surface area contributed by atoms with Crippen LogP contribution in [0.1, 0.15) is 22.3 Å². The van der Waals surface area contributed by atoms with Gasteiger partial charge >= 0.3 is 5.97 Å². The lowest BCUT2D eigenvalue weighted by Gasteiger charge is -2.14. The smallest absolute Gasteiger partial charge is 0.335 e. The molecule has 2 aromatic carbocycles. The highest BCUT2D eigenvalue weighted by molar-refractivity contribution is 9.10. The van der Waals surface area contributed by atoms with Gasteiger partial charge in [0.25, 0.3) is 5.91 Å². The molecule has 1 aliphatic heterocycles. The van der Waals surface area contributed by atoms with Crippen LogP contribution in [0.25, 0.3) is 6.08 Å². The maximum Gasteiger partial charge on any atom is 0.335 e. The summed E-state index contributed by atoms with van der Waals surface area (Å²) in [5, 5.41) is 21.5. The molecular formula is C20H15BrN2O5S2. The average molecular weight is 507 g/mol. The molecule has 0 radical (unpaired) electrons. The first-order valence-corrected chi connectivity index (χ1v) is 10.6. The number of phenols is 1. The van der Waals surface area contributed by atoms with E-state index < -0.39 is 5.97 Å². The number of rotatable bonds is 6. The standard InChI is InChI=1S/C20H15BrN2O5S2/c21-13-3-6-15(24)12(9-13)10-16-18(26)23(20(29)30-16)8-7-17(25)22-14-4-1-11(2-5-14)19(27)28/h1-6,9-10,24H,7-8H2,(H,22,25)(H,27,28)/b16-10-. The van der Waals surface area contributed by atoms with Crippen LogP contribution < -0.4 is 5.32 Å². The first-order chi connectivity index (χ1) is 14.2. The summed E-state index contributed by atoms with van der Waals surface area (Å²) >= 11 is 9.69. The number of carbonyl (C=O) groups is 3. The molecule has 3 rings (SSSR count). The maximum absolute atomic E-state index is 12.7. The van der Waals surface area contributed by atoms with Crippen molar-refractivity contribution in [3.63, 3.8) is 0 Å². The van der Waals surface area contributed by atoms with E-state index in [1.807, 2.05) is 0 Å². The second-order valence-corrected chi connectivity index (χ2v) is 8.81. The molecule has 0 atom stereocenters. The van der Waals surface area contributed by atoms with Gasteiger partial charge in [0.15, 0.2) is 0 Å². The van der Waals surface area contributed by atoms with Crippen LogP contribution in [0.4, 0.5) is 5.69 Å². The summed E-state index contributed by atoms with van der Waals surface area (Å²) in [7, 11) is 0. The van der Waals surface area contributed by atoms with Gasteiger partial charge in [0.1, 0.15) is 10.1 Å². The molecule has 10 heteroatoms. The van der Waals surface area contributed by atoms with Gasteiger partial charge in [-0.05, 0) is 48.5 Å². The molecule has 1 fully saturated rings. The van der Waals surface area contributed by atoms with Crippen molar-refractivity contribution < 1.29 is 24.6 Å². The van der Waals surface area contributed by atoms with Gasteiger partial charge in [-0.3, -0.25) is 14.5 Å². The zero-order chi connectivity index (χ0) is 21.8. The summed E-state index contributed by atoms with van der Waals surface area (Å²) in [5.41, 5.74) is 1.06. The molecule has 1 aliphatic rings. The number of carbonyl (C=O) groups excluding carboxylic acids is 2. The number of hydrogen-bond acceptors (Lipinski definition) is 6. The van der Waals surface area contributed by atoms with E-state index in [1.54, 1.807) is 18.2 Å². The van der Waals surface area contributed by atoms with E-state index in [0.717, 1.165) is 16.2 Å². The molecule has 1 heterocycles. The Morgan fingerprint density at radius 2 is 1.90 bits per heavy atom. The van der Waals surface area contributed by atoms with E-state index in [1.165, 1.54) is 35.2 Å². The van der Waals surface area contributed by atoms with E-state index >= 15 is 0 Å². The van der Waals surface area contributed by atoms with Crippen molar-refractivity contribution in [3.8, 4) is 5.75 Å². The summed E-state index contributed by atoms with van der Waals surface area (Å²) in [6, 6.07) is 10.7. The van der Waals surface area contributed by atoms with Crippen LogP contribution in [-0.2, 0) is 9.59 Å². The summed E-state index contributed by atoms with van der Waals surface area (Å²) in [5.74, 6) is -1.67. The van der Waals surface area contributed by atoms with Crippen molar-refractivity contribution >= 4 is 73.8 Å². The number of thioether (sulfide) groups is 1. The number of aromatic carboxylic acids is 1. The number of anilines is 1. The minimum absolute atomic E-state index is 0.0164. The lowest BCUT2D eigenvalue weighted by atomic mass is 10.2. The van der Waals surface area contributed by atoms with E-state index in [9.17, 15) is 19.5 Å². The Labute approximate surface area is 189 Å². The summed E-state index contributed by atoms with van der Waals surface area (Å²) in [6.07, 6.45) is 1.58. The lowest BCUT2D eigenvalue weighted by molar-refractivity contribution is -0.122. The largest absolute Gasteiger partial charge is 0.507 e. The molecule has 3 N–H and O–H groups in total. The highest BCUT2D eigenvalue weighted by atomic mass is 79.9. The van der Waals surface area contributed by atoms with E-state index in [0.29, 0.717) is 20.5 Å². The molecule has 7 nitrogen and oxygen atoms in total. The normalized spacial score (nSPS) is 15.0. The molecule has 0 bridgehead atoms. The first kappa shape index (κ1) is 22.0. The number of aromatic hydroxyl groups is 1. The molecule has 2 amide bonds. The predicted octanol–water partition coefficient (Wildman–Crippen LogP) is 4.08. The van der Waals surface area contributed by atoms with Crippen LogP contribution in [0, 0.1) is 0 Å². The number of hydrogen-bond donors (Lipinski definition) is 3. The fraction of sp³-hybridized carbons (Fsp3) is 0.100. The summed E-state index contributed by atoms with van der Waals surface area (Å²) in [4.78, 5) is 37.4. The SMILES string of the molecule is O=C(CCN1C(=O)/C(=C/c2cc(Br)ccc2O)SC1=S)Nc1ccc(C(=O)O)cc1. The fourth-order valence-electron chi connectivity index (χ4n) is 2.61. The van der Waals surface area contributed by atoms with Crippen molar-refractivity contribution in [2.75, 3.05) is 11.9 Å². The third-order valence-electron chi connectivity index (χ3n) is 4.13. The van der Waals surface area contributed by atoms with Crippen molar-refractivity contribution in [1.82, 2.24) is 4.90 Å². The van der Waals surface area contributed by atoms with Crippen molar-refractivity contribution in [2.45, 2.75) is 6.42 Å². The highest BCUT2D eigenvalue weighted by Gasteiger charge is 2.32. The van der Waals surface area contributed by atoms with Gasteiger partial charge in [0, 0.05) is 28.7 Å². The number of benzene rings is 2. The van der Waals surface area contributed by atoms with Crippen molar-refractivity contribution in [1.29, 1.82) is 0 Å². The zero-order valence-corrected chi connectivity index (χ0v) is 18.5. The van der Waals surface area contributed by atoms with Gasteiger partial charge in [-0.2, -0.15) is 0 Å². The Hall–Kier alpha value is -2.69. The van der Waals surface area contributed by atoms with E-state index in [4.69, 9.17) is 17.3 Å². The average Bonchev–Trinajstić information content (AvgIpc) is 2.96. The van der Waals surface area contributed by atoms with Gasteiger partial charge in [-0.25, -0.2) is 4.79 Å². The topological polar surface area (TPSA) is 107 Å². The number of nitrogens with one attached hydrogen (secondary N) is 1. The second-order valence-electron chi connectivity index (χ2n) is 6.22. The summed E-state index contributed by atoms with van der Waals surface area (Å²) < 4.78 is 1.09. The molecule has 0 unspecified atom stereocenters. The molecule has 0 spiro atoms. The highest BCUT2D eigenvalue weighted by Crippen LogP contribution is 2.34. The number of halogens is 1. The third kappa shape index (κ3) is 5.26. The predicted molar refractivity (Wildman–Crippen MR) is 122 cm³/mol. The number of carboxylic acid groups (broad SMARTS) is 1. The Balaban J connectivity index is 1.61. The Morgan fingerprint density at radius 3 is 2.57 bits per heavy atom. The number of thiocarbonyl (C=S) groups is 1. The number of phenolic OH excluding ortho intramolecular Hbond substituents is 1. The van der Waals surface area contributed by atoms with Crippen LogP contribution in [-0.4, -0.2) is 43.8 Å². The number of carboxylic acids is 1. The number of amides is 2.